The fourth-order valence-corrected chi connectivity index (χ4v) is 1.84. The van der Waals surface area contributed by atoms with Crippen LogP contribution in [-0.4, -0.2) is 40.1 Å². The van der Waals surface area contributed by atoms with Crippen LogP contribution in [0.1, 0.15) is 51.0 Å². The third-order valence-corrected chi connectivity index (χ3v) is 2.59. The molecule has 0 aliphatic rings. The summed E-state index contributed by atoms with van der Waals surface area (Å²) in [6.45, 7) is 9.73. The van der Waals surface area contributed by atoms with E-state index in [0.717, 1.165) is 25.9 Å². The van der Waals surface area contributed by atoms with E-state index in [4.69, 9.17) is 0 Å². The normalized spacial score (nSPS) is 10.6. The molecule has 0 aliphatic heterocycles. The summed E-state index contributed by atoms with van der Waals surface area (Å²) in [4.78, 5) is 14.1. The average Bonchev–Trinajstić information content (AvgIpc) is 2.38. The van der Waals surface area contributed by atoms with Gasteiger partial charge in [0.1, 0.15) is 5.82 Å². The van der Waals surface area contributed by atoms with Crippen LogP contribution in [0.25, 0.3) is 0 Å². The second kappa shape index (κ2) is 7.71. The Labute approximate surface area is 115 Å². The molecule has 1 amide bonds. The summed E-state index contributed by atoms with van der Waals surface area (Å²) >= 11 is 0. The highest BCUT2D eigenvalue weighted by molar-refractivity contribution is 5.92. The van der Waals surface area contributed by atoms with Crippen molar-refractivity contribution in [3.63, 3.8) is 0 Å². The molecule has 0 radical (unpaired) electrons. The number of aromatic nitrogens is 2. The zero-order chi connectivity index (χ0) is 14.3. The number of hydrogen-bond donors (Lipinski definition) is 1. The number of anilines is 1. The fraction of sp³-hybridized carbons (Fsp3) is 0.643. The van der Waals surface area contributed by atoms with E-state index in [1.807, 2.05) is 18.7 Å². The topological polar surface area (TPSA) is 58.1 Å². The van der Waals surface area contributed by atoms with E-state index in [0.29, 0.717) is 17.6 Å². The quantitative estimate of drug-likeness (QED) is 0.822. The Morgan fingerprint density at radius 2 is 1.84 bits per heavy atom. The molecule has 0 unspecified atom stereocenters. The van der Waals surface area contributed by atoms with E-state index in [1.165, 1.54) is 0 Å². The van der Waals surface area contributed by atoms with Crippen LogP contribution >= 0.6 is 0 Å². The number of rotatable bonds is 7. The van der Waals surface area contributed by atoms with Crippen LogP contribution in [0.5, 0.6) is 0 Å². The fourth-order valence-electron chi connectivity index (χ4n) is 1.84. The van der Waals surface area contributed by atoms with Gasteiger partial charge in [-0.05, 0) is 38.8 Å². The molecular formula is C14H24N4O. The van der Waals surface area contributed by atoms with Crippen LogP contribution in [-0.2, 0) is 0 Å². The minimum absolute atomic E-state index is 0.0349. The third kappa shape index (κ3) is 4.85. The summed E-state index contributed by atoms with van der Waals surface area (Å²) < 4.78 is 0. The lowest BCUT2D eigenvalue weighted by Crippen LogP contribution is -2.33. The van der Waals surface area contributed by atoms with Crippen molar-refractivity contribution in [2.75, 3.05) is 18.4 Å². The molecule has 0 spiro atoms. The highest BCUT2D eigenvalue weighted by Gasteiger charge is 2.16. The van der Waals surface area contributed by atoms with Gasteiger partial charge in [-0.2, -0.15) is 0 Å². The van der Waals surface area contributed by atoms with Crippen molar-refractivity contribution in [3.8, 4) is 0 Å². The molecule has 1 aromatic heterocycles. The molecule has 106 valence electrons. The van der Waals surface area contributed by atoms with Crippen LogP contribution < -0.4 is 5.32 Å². The maximum absolute atomic E-state index is 12.3. The summed E-state index contributed by atoms with van der Waals surface area (Å²) in [6, 6.07) is 3.84. The first kappa shape index (κ1) is 15.4. The van der Waals surface area contributed by atoms with Crippen LogP contribution in [0, 0.1) is 0 Å². The van der Waals surface area contributed by atoms with Gasteiger partial charge in [0.15, 0.2) is 5.69 Å². The Morgan fingerprint density at radius 1 is 1.21 bits per heavy atom. The van der Waals surface area contributed by atoms with E-state index in [9.17, 15) is 4.79 Å². The first-order valence-corrected chi connectivity index (χ1v) is 6.98. The lowest BCUT2D eigenvalue weighted by atomic mass is 10.3. The number of amides is 1. The molecule has 1 rings (SSSR count). The Balaban J connectivity index is 2.75. The van der Waals surface area contributed by atoms with E-state index in [-0.39, 0.29) is 5.91 Å². The summed E-state index contributed by atoms with van der Waals surface area (Å²) in [5, 5.41) is 11.2. The largest absolute Gasteiger partial charge is 0.366 e. The van der Waals surface area contributed by atoms with Gasteiger partial charge in [0.2, 0.25) is 0 Å². The first-order chi connectivity index (χ1) is 9.08. The molecule has 0 saturated heterocycles. The molecule has 1 aromatic rings. The molecule has 5 heteroatoms. The average molecular weight is 264 g/mol. The Kier molecular flexibility index (Phi) is 6.25. The van der Waals surface area contributed by atoms with E-state index < -0.39 is 0 Å². The van der Waals surface area contributed by atoms with Crippen molar-refractivity contribution < 1.29 is 4.79 Å². The number of nitrogens with zero attached hydrogens (tertiary/aromatic N) is 3. The van der Waals surface area contributed by atoms with Crippen molar-refractivity contribution in [1.82, 2.24) is 15.1 Å². The summed E-state index contributed by atoms with van der Waals surface area (Å²) in [5.41, 5.74) is 0.413. The van der Waals surface area contributed by atoms with Gasteiger partial charge >= 0.3 is 0 Å². The van der Waals surface area contributed by atoms with E-state index >= 15 is 0 Å². The Morgan fingerprint density at radius 3 is 2.26 bits per heavy atom. The molecule has 0 atom stereocenters. The number of nitrogens with one attached hydrogen (secondary N) is 1. The van der Waals surface area contributed by atoms with Crippen molar-refractivity contribution in [1.29, 1.82) is 0 Å². The van der Waals surface area contributed by atoms with Gasteiger partial charge in [0, 0.05) is 19.1 Å². The number of hydrogen-bond acceptors (Lipinski definition) is 4. The molecule has 1 heterocycles. The van der Waals surface area contributed by atoms with E-state index in [2.05, 4.69) is 29.4 Å². The second-order valence-corrected chi connectivity index (χ2v) is 4.90. The smallest absolute Gasteiger partial charge is 0.274 e. The number of carbonyl (C=O) groups excluding carboxylic acids is 1. The minimum Gasteiger partial charge on any atom is -0.366 e. The first-order valence-electron chi connectivity index (χ1n) is 6.98. The second-order valence-electron chi connectivity index (χ2n) is 4.90. The lowest BCUT2D eigenvalue weighted by molar-refractivity contribution is 0.0748. The van der Waals surface area contributed by atoms with Gasteiger partial charge < -0.3 is 10.2 Å². The maximum Gasteiger partial charge on any atom is 0.274 e. The Hall–Kier alpha value is -1.65. The predicted octanol–water partition coefficient (Wildman–Crippen LogP) is 2.56. The minimum atomic E-state index is -0.0349. The molecule has 0 aliphatic carbocycles. The highest BCUT2D eigenvalue weighted by Crippen LogP contribution is 2.07. The van der Waals surface area contributed by atoms with E-state index in [1.54, 1.807) is 12.1 Å². The van der Waals surface area contributed by atoms with Crippen molar-refractivity contribution >= 4 is 11.7 Å². The van der Waals surface area contributed by atoms with Crippen molar-refractivity contribution in [3.05, 3.63) is 17.8 Å². The predicted molar refractivity (Wildman–Crippen MR) is 77.3 cm³/mol. The zero-order valence-electron chi connectivity index (χ0n) is 12.3. The Bertz CT molecular complexity index is 383. The van der Waals surface area contributed by atoms with Gasteiger partial charge in [-0.3, -0.25) is 4.79 Å². The van der Waals surface area contributed by atoms with Crippen LogP contribution in [0.4, 0.5) is 5.82 Å². The summed E-state index contributed by atoms with van der Waals surface area (Å²) in [5.74, 6) is 0.663. The summed E-state index contributed by atoms with van der Waals surface area (Å²) in [6.07, 6.45) is 1.90. The van der Waals surface area contributed by atoms with Crippen LogP contribution in [0.2, 0.25) is 0 Å². The van der Waals surface area contributed by atoms with Gasteiger partial charge in [0.25, 0.3) is 5.91 Å². The zero-order valence-corrected chi connectivity index (χ0v) is 12.3. The third-order valence-electron chi connectivity index (χ3n) is 2.59. The van der Waals surface area contributed by atoms with Gasteiger partial charge in [0.05, 0.1) is 0 Å². The molecule has 19 heavy (non-hydrogen) atoms. The van der Waals surface area contributed by atoms with Gasteiger partial charge in [-0.15, -0.1) is 10.2 Å². The standard InChI is InChI=1S/C14H24N4O/c1-5-9-18(10-6-2)14(19)12-7-8-13(17-16-12)15-11(3)4/h7-8,11H,5-6,9-10H2,1-4H3,(H,15,17). The molecule has 5 nitrogen and oxygen atoms in total. The molecule has 1 N–H and O–H groups in total. The molecule has 0 bridgehead atoms. The lowest BCUT2D eigenvalue weighted by Gasteiger charge is -2.20. The van der Waals surface area contributed by atoms with Gasteiger partial charge in [-0.1, -0.05) is 13.8 Å². The molecule has 0 fully saturated rings. The maximum atomic E-state index is 12.3. The monoisotopic (exact) mass is 264 g/mol. The van der Waals surface area contributed by atoms with Crippen LogP contribution in [0.3, 0.4) is 0 Å². The molecule has 0 aromatic carbocycles. The van der Waals surface area contributed by atoms with Crippen molar-refractivity contribution in [2.24, 2.45) is 0 Å². The summed E-state index contributed by atoms with van der Waals surface area (Å²) in [7, 11) is 0. The van der Waals surface area contributed by atoms with Crippen molar-refractivity contribution in [2.45, 2.75) is 46.6 Å². The highest BCUT2D eigenvalue weighted by atomic mass is 16.2. The molecular weight excluding hydrogens is 240 g/mol. The SMILES string of the molecule is CCCN(CCC)C(=O)c1ccc(NC(C)C)nn1. The molecule has 0 saturated carbocycles. The number of carbonyl (C=O) groups is 1. The van der Waals surface area contributed by atoms with Gasteiger partial charge in [-0.25, -0.2) is 0 Å². The van der Waals surface area contributed by atoms with Crippen LogP contribution in [0.15, 0.2) is 12.1 Å².